The number of halogens is 2. The number of hydrogen-bond donors (Lipinski definition) is 1. The molecule has 1 aromatic heterocycles. The summed E-state index contributed by atoms with van der Waals surface area (Å²) >= 11 is 12.7. The Bertz CT molecular complexity index is 1330. The molecule has 3 aromatic carbocycles. The van der Waals surface area contributed by atoms with E-state index in [0.717, 1.165) is 33.5 Å². The Morgan fingerprint density at radius 3 is 1.97 bits per heavy atom. The molecule has 4 nitrogen and oxygen atoms in total. The molecule has 166 valence electrons. The van der Waals surface area contributed by atoms with Crippen molar-refractivity contribution in [2.24, 2.45) is 12.0 Å². The highest BCUT2D eigenvalue weighted by molar-refractivity contribution is 6.42. The first-order valence-corrected chi connectivity index (χ1v) is 11.3. The van der Waals surface area contributed by atoms with Crippen molar-refractivity contribution in [1.82, 2.24) is 9.13 Å². The third kappa shape index (κ3) is 4.49. The maximum absolute atomic E-state index is 9.35. The molecule has 32 heavy (non-hydrogen) atoms. The predicted molar refractivity (Wildman–Crippen MR) is 133 cm³/mol. The number of fused-ring (bicyclic) bond motifs is 1. The Balaban J connectivity index is 1.89. The van der Waals surface area contributed by atoms with E-state index in [2.05, 4.69) is 49.6 Å². The number of aryl methyl sites for hydroxylation is 1. The largest absolute Gasteiger partial charge is 0.392 e. The van der Waals surface area contributed by atoms with Crippen LogP contribution < -0.4 is 5.62 Å². The van der Waals surface area contributed by atoms with E-state index >= 15 is 0 Å². The molecule has 0 atom stereocenters. The van der Waals surface area contributed by atoms with Crippen LogP contribution in [0.2, 0.25) is 10.0 Å². The molecule has 0 amide bonds. The summed E-state index contributed by atoms with van der Waals surface area (Å²) < 4.78 is 4.18. The van der Waals surface area contributed by atoms with Crippen LogP contribution in [-0.4, -0.2) is 14.2 Å². The number of imidazole rings is 1. The van der Waals surface area contributed by atoms with Crippen LogP contribution >= 0.6 is 23.2 Å². The quantitative estimate of drug-likeness (QED) is 0.372. The van der Waals surface area contributed by atoms with Crippen LogP contribution in [0.3, 0.4) is 0 Å². The second-order valence-corrected chi connectivity index (χ2v) is 9.90. The number of aliphatic hydroxyl groups excluding tert-OH is 1. The van der Waals surface area contributed by atoms with Crippen molar-refractivity contribution in [1.29, 1.82) is 0 Å². The summed E-state index contributed by atoms with van der Waals surface area (Å²) in [6.45, 7) is 7.24. The van der Waals surface area contributed by atoms with E-state index in [9.17, 15) is 5.11 Å². The molecule has 0 aliphatic heterocycles. The molecule has 0 aliphatic rings. The Kier molecular flexibility index (Phi) is 6.22. The number of aliphatic hydroxyl groups is 1. The average Bonchev–Trinajstić information content (AvgIpc) is 2.99. The highest BCUT2D eigenvalue weighted by Crippen LogP contribution is 2.28. The number of aromatic nitrogens is 2. The Morgan fingerprint density at radius 2 is 1.41 bits per heavy atom. The van der Waals surface area contributed by atoms with Gasteiger partial charge < -0.3 is 14.2 Å². The molecular formula is C26H27Cl2N3O. The van der Waals surface area contributed by atoms with Gasteiger partial charge in [-0.3, -0.25) is 0 Å². The third-order valence-corrected chi connectivity index (χ3v) is 6.44. The van der Waals surface area contributed by atoms with Crippen LogP contribution in [-0.2, 0) is 25.6 Å². The lowest BCUT2D eigenvalue weighted by atomic mass is 9.87. The highest BCUT2D eigenvalue weighted by Gasteiger charge is 2.15. The minimum absolute atomic E-state index is 0.0287. The highest BCUT2D eigenvalue weighted by atomic mass is 35.5. The predicted octanol–water partition coefficient (Wildman–Crippen LogP) is 6.36. The Labute approximate surface area is 198 Å². The zero-order chi connectivity index (χ0) is 23.0. The lowest BCUT2D eigenvalue weighted by Gasteiger charge is -2.18. The van der Waals surface area contributed by atoms with Gasteiger partial charge in [0.25, 0.3) is 0 Å². The van der Waals surface area contributed by atoms with Gasteiger partial charge in [0.1, 0.15) is 0 Å². The second-order valence-electron chi connectivity index (χ2n) is 9.08. The van der Waals surface area contributed by atoms with Crippen molar-refractivity contribution in [3.05, 3.63) is 93.0 Å². The third-order valence-electron chi connectivity index (χ3n) is 5.72. The van der Waals surface area contributed by atoms with Gasteiger partial charge in [0.05, 0.1) is 39.9 Å². The Hall–Kier alpha value is -2.53. The zero-order valence-corrected chi connectivity index (χ0v) is 20.2. The molecule has 1 N–H and O–H groups in total. The van der Waals surface area contributed by atoms with Crippen molar-refractivity contribution in [2.45, 2.75) is 39.3 Å². The average molecular weight is 468 g/mol. The molecule has 0 fully saturated rings. The summed E-state index contributed by atoms with van der Waals surface area (Å²) in [6.07, 6.45) is 0. The first-order chi connectivity index (χ1) is 15.2. The van der Waals surface area contributed by atoms with Crippen molar-refractivity contribution >= 4 is 39.9 Å². The van der Waals surface area contributed by atoms with Crippen molar-refractivity contribution < 1.29 is 5.11 Å². The molecule has 0 aliphatic carbocycles. The lowest BCUT2D eigenvalue weighted by molar-refractivity contribution is 0.282. The van der Waals surface area contributed by atoms with E-state index in [1.54, 1.807) is 0 Å². The summed E-state index contributed by atoms with van der Waals surface area (Å²) in [5.74, 6) is 0. The standard InChI is InChI=1S/C26H27Cl2N3O/c1-26(2,3)19-9-11-20(12-10-19)29-25-30(4)23-13-21(27)22(28)14-24(23)31(25)15-17-5-7-18(16-32)8-6-17/h5-14,32H,15-16H2,1-4H3. The van der Waals surface area contributed by atoms with E-state index in [0.29, 0.717) is 16.6 Å². The molecule has 0 unspecified atom stereocenters. The molecule has 6 heteroatoms. The van der Waals surface area contributed by atoms with Crippen molar-refractivity contribution in [3.8, 4) is 0 Å². The number of rotatable bonds is 4. The van der Waals surface area contributed by atoms with Crippen molar-refractivity contribution in [2.75, 3.05) is 0 Å². The van der Waals surface area contributed by atoms with E-state index < -0.39 is 0 Å². The number of benzene rings is 3. The Morgan fingerprint density at radius 1 is 0.844 bits per heavy atom. The SMILES string of the molecule is Cn1c(=Nc2ccc(C(C)(C)C)cc2)n(Cc2ccc(CO)cc2)c2cc(Cl)c(Cl)cc21. The van der Waals surface area contributed by atoms with E-state index in [4.69, 9.17) is 28.2 Å². The normalized spacial score (nSPS) is 12.7. The van der Waals surface area contributed by atoms with Crippen LogP contribution in [0.5, 0.6) is 0 Å². The van der Waals surface area contributed by atoms with Gasteiger partial charge in [0.15, 0.2) is 0 Å². The summed E-state index contributed by atoms with van der Waals surface area (Å²) in [4.78, 5) is 4.99. The number of hydrogen-bond acceptors (Lipinski definition) is 2. The van der Waals surface area contributed by atoms with Crippen LogP contribution in [0.4, 0.5) is 5.69 Å². The fourth-order valence-corrected chi connectivity index (χ4v) is 4.10. The van der Waals surface area contributed by atoms with Crippen LogP contribution in [0.25, 0.3) is 11.0 Å². The molecule has 0 spiro atoms. The van der Waals surface area contributed by atoms with Crippen LogP contribution in [0, 0.1) is 0 Å². The summed E-state index contributed by atoms with van der Waals surface area (Å²) in [6, 6.07) is 20.1. The second kappa shape index (κ2) is 8.78. The number of nitrogens with zero attached hydrogens (tertiary/aromatic N) is 3. The molecule has 0 radical (unpaired) electrons. The lowest BCUT2D eigenvalue weighted by Crippen LogP contribution is -2.24. The smallest absolute Gasteiger partial charge is 0.211 e. The maximum atomic E-state index is 9.35. The molecule has 1 heterocycles. The first kappa shape index (κ1) is 22.7. The van der Waals surface area contributed by atoms with Crippen LogP contribution in [0.15, 0.2) is 65.7 Å². The van der Waals surface area contributed by atoms with E-state index in [-0.39, 0.29) is 12.0 Å². The topological polar surface area (TPSA) is 42.5 Å². The molecule has 0 bridgehead atoms. The van der Waals surface area contributed by atoms with Gasteiger partial charge >= 0.3 is 0 Å². The minimum Gasteiger partial charge on any atom is -0.392 e. The van der Waals surface area contributed by atoms with Crippen LogP contribution in [0.1, 0.15) is 37.5 Å². The van der Waals surface area contributed by atoms with Gasteiger partial charge in [-0.1, -0.05) is 80.4 Å². The minimum atomic E-state index is 0.0287. The van der Waals surface area contributed by atoms with E-state index in [1.165, 1.54) is 5.56 Å². The van der Waals surface area contributed by atoms with Gasteiger partial charge in [-0.05, 0) is 46.4 Å². The summed E-state index contributed by atoms with van der Waals surface area (Å²) in [5.41, 5.74) is 6.93. The zero-order valence-electron chi connectivity index (χ0n) is 18.7. The van der Waals surface area contributed by atoms with E-state index in [1.807, 2.05) is 48.0 Å². The summed E-state index contributed by atoms with van der Waals surface area (Å²) in [7, 11) is 1.99. The first-order valence-electron chi connectivity index (χ1n) is 10.6. The van der Waals surface area contributed by atoms with Gasteiger partial charge in [-0.15, -0.1) is 0 Å². The maximum Gasteiger partial charge on any atom is 0.211 e. The van der Waals surface area contributed by atoms with Gasteiger partial charge in [0.2, 0.25) is 5.62 Å². The fraction of sp³-hybridized carbons (Fsp3) is 0.269. The molecule has 4 rings (SSSR count). The monoisotopic (exact) mass is 467 g/mol. The summed E-state index contributed by atoms with van der Waals surface area (Å²) in [5, 5.41) is 10.4. The van der Waals surface area contributed by atoms with Gasteiger partial charge in [-0.25, -0.2) is 4.99 Å². The molecule has 0 saturated heterocycles. The van der Waals surface area contributed by atoms with Gasteiger partial charge in [-0.2, -0.15) is 0 Å². The molecular weight excluding hydrogens is 441 g/mol. The fourth-order valence-electron chi connectivity index (χ4n) is 3.78. The van der Waals surface area contributed by atoms with Gasteiger partial charge in [0, 0.05) is 7.05 Å². The molecule has 0 saturated carbocycles. The molecule has 4 aromatic rings. The van der Waals surface area contributed by atoms with Crippen molar-refractivity contribution in [3.63, 3.8) is 0 Å².